The van der Waals surface area contributed by atoms with Gasteiger partial charge >= 0.3 is 0 Å². The summed E-state index contributed by atoms with van der Waals surface area (Å²) in [6.45, 7) is 0.397. The van der Waals surface area contributed by atoms with Crippen LogP contribution in [0, 0.1) is 0 Å². The van der Waals surface area contributed by atoms with E-state index in [-0.39, 0.29) is 0 Å². The molecule has 1 aromatic heterocycles. The smallest absolute Gasteiger partial charge is 0.161 e. The molecular weight excluding hydrogens is 318 g/mol. The van der Waals surface area contributed by atoms with E-state index in [9.17, 15) is 0 Å². The van der Waals surface area contributed by atoms with E-state index in [0.29, 0.717) is 23.3 Å². The molecule has 2 N–H and O–H groups in total. The quantitative estimate of drug-likeness (QED) is 0.939. The van der Waals surface area contributed by atoms with Crippen LogP contribution in [0.4, 0.5) is 5.82 Å². The van der Waals surface area contributed by atoms with Crippen molar-refractivity contribution in [3.05, 3.63) is 39.5 Å². The van der Waals surface area contributed by atoms with E-state index in [1.54, 1.807) is 19.2 Å². The highest BCUT2D eigenvalue weighted by molar-refractivity contribution is 9.10. The van der Waals surface area contributed by atoms with Crippen molar-refractivity contribution in [1.82, 2.24) is 9.97 Å². The van der Waals surface area contributed by atoms with Crippen LogP contribution in [0.3, 0.4) is 0 Å². The van der Waals surface area contributed by atoms with Crippen molar-refractivity contribution in [2.75, 3.05) is 12.8 Å². The Balaban J connectivity index is 2.46. The summed E-state index contributed by atoms with van der Waals surface area (Å²) >= 11 is 9.32. The molecule has 0 spiro atoms. The highest BCUT2D eigenvalue weighted by Crippen LogP contribution is 2.27. The van der Waals surface area contributed by atoms with E-state index in [0.717, 1.165) is 15.7 Å². The number of nitrogen functional groups attached to an aromatic ring is 1. The predicted octanol–water partition coefficient (Wildman–Crippen LogP) is 3.29. The molecule has 0 fully saturated rings. The van der Waals surface area contributed by atoms with Crippen molar-refractivity contribution in [2.24, 2.45) is 0 Å². The molecule has 18 heavy (non-hydrogen) atoms. The number of halogens is 2. The molecule has 4 nitrogen and oxygen atoms in total. The Bertz CT molecular complexity index is 577. The molecule has 2 aromatic rings. The summed E-state index contributed by atoms with van der Waals surface area (Å²) in [7, 11) is 1.61. The first-order chi connectivity index (χ1) is 8.60. The fourth-order valence-corrected chi connectivity index (χ4v) is 2.00. The minimum atomic E-state index is 0.397. The highest BCUT2D eigenvalue weighted by atomic mass is 79.9. The molecule has 0 aliphatic heterocycles. The molecule has 0 aliphatic carbocycles. The van der Waals surface area contributed by atoms with Crippen LogP contribution in [0.1, 0.15) is 5.69 Å². The van der Waals surface area contributed by atoms with Crippen molar-refractivity contribution in [3.63, 3.8) is 0 Å². The van der Waals surface area contributed by atoms with Gasteiger partial charge in [-0.2, -0.15) is 0 Å². The number of nitrogens with zero attached hydrogens (tertiary/aromatic N) is 2. The number of rotatable bonds is 3. The molecule has 94 valence electrons. The second kappa shape index (κ2) is 5.65. The summed E-state index contributed by atoms with van der Waals surface area (Å²) in [5.41, 5.74) is 7.34. The SMILES string of the molecule is COCc1cc(N)nc(-c2ccc(Cl)c(Br)c2)n1. The Kier molecular flexibility index (Phi) is 4.16. The number of nitrogens with two attached hydrogens (primary N) is 1. The Labute approximate surface area is 118 Å². The molecule has 6 heteroatoms. The molecule has 1 heterocycles. The summed E-state index contributed by atoms with van der Waals surface area (Å²) in [6, 6.07) is 7.17. The summed E-state index contributed by atoms with van der Waals surface area (Å²) in [5, 5.41) is 0.639. The van der Waals surface area contributed by atoms with Gasteiger partial charge in [0.25, 0.3) is 0 Å². The van der Waals surface area contributed by atoms with E-state index in [4.69, 9.17) is 22.1 Å². The summed E-state index contributed by atoms with van der Waals surface area (Å²) in [5.74, 6) is 0.970. The number of aromatic nitrogens is 2. The molecular formula is C12H11BrClN3O. The van der Waals surface area contributed by atoms with Gasteiger partial charge in [-0.1, -0.05) is 11.6 Å². The maximum atomic E-state index is 5.95. The van der Waals surface area contributed by atoms with Gasteiger partial charge in [0.15, 0.2) is 5.82 Å². The molecule has 0 radical (unpaired) electrons. The normalized spacial score (nSPS) is 10.6. The third-order valence-electron chi connectivity index (χ3n) is 2.27. The Morgan fingerprint density at radius 1 is 1.33 bits per heavy atom. The van der Waals surface area contributed by atoms with Crippen LogP contribution < -0.4 is 5.73 Å². The van der Waals surface area contributed by atoms with Gasteiger partial charge in [0.2, 0.25) is 0 Å². The fourth-order valence-electron chi connectivity index (χ4n) is 1.50. The zero-order valence-electron chi connectivity index (χ0n) is 9.65. The average Bonchev–Trinajstić information content (AvgIpc) is 2.32. The number of methoxy groups -OCH3 is 1. The molecule has 0 aliphatic rings. The van der Waals surface area contributed by atoms with Gasteiger partial charge in [-0.05, 0) is 34.1 Å². The molecule has 1 aromatic carbocycles. The first-order valence-electron chi connectivity index (χ1n) is 5.18. The van der Waals surface area contributed by atoms with Crippen molar-refractivity contribution in [3.8, 4) is 11.4 Å². The van der Waals surface area contributed by atoms with Crippen LogP contribution >= 0.6 is 27.5 Å². The largest absolute Gasteiger partial charge is 0.384 e. The highest BCUT2D eigenvalue weighted by Gasteiger charge is 2.07. The number of hydrogen-bond donors (Lipinski definition) is 1. The van der Waals surface area contributed by atoms with Crippen LogP contribution in [0.2, 0.25) is 5.02 Å². The van der Waals surface area contributed by atoms with Crippen molar-refractivity contribution >= 4 is 33.3 Å². The molecule has 2 rings (SSSR count). The van der Waals surface area contributed by atoms with Gasteiger partial charge < -0.3 is 10.5 Å². The van der Waals surface area contributed by atoms with Crippen LogP contribution in [0.5, 0.6) is 0 Å². The third kappa shape index (κ3) is 2.98. The summed E-state index contributed by atoms with van der Waals surface area (Å²) < 4.78 is 5.83. The molecule has 0 saturated heterocycles. The van der Waals surface area contributed by atoms with Crippen molar-refractivity contribution < 1.29 is 4.74 Å². The number of anilines is 1. The maximum absolute atomic E-state index is 5.95. The molecule has 0 atom stereocenters. The second-order valence-electron chi connectivity index (χ2n) is 3.67. The lowest BCUT2D eigenvalue weighted by atomic mass is 10.2. The monoisotopic (exact) mass is 327 g/mol. The first kappa shape index (κ1) is 13.3. The van der Waals surface area contributed by atoms with Gasteiger partial charge in [-0.25, -0.2) is 9.97 Å². The molecule has 0 amide bonds. The second-order valence-corrected chi connectivity index (χ2v) is 4.93. The number of ether oxygens (including phenoxy) is 1. The van der Waals surface area contributed by atoms with E-state index >= 15 is 0 Å². The van der Waals surface area contributed by atoms with Crippen LogP contribution in [-0.2, 0) is 11.3 Å². The van der Waals surface area contributed by atoms with Crippen molar-refractivity contribution in [1.29, 1.82) is 0 Å². The van der Waals surface area contributed by atoms with E-state index < -0.39 is 0 Å². The van der Waals surface area contributed by atoms with Gasteiger partial charge in [0.1, 0.15) is 5.82 Å². The van der Waals surface area contributed by atoms with Crippen LogP contribution in [0.15, 0.2) is 28.7 Å². The lowest BCUT2D eigenvalue weighted by Gasteiger charge is -2.06. The maximum Gasteiger partial charge on any atom is 0.161 e. The Hall–Kier alpha value is -1.17. The zero-order valence-corrected chi connectivity index (χ0v) is 12.0. The van der Waals surface area contributed by atoms with Gasteiger partial charge in [-0.15, -0.1) is 0 Å². The van der Waals surface area contributed by atoms with E-state index in [1.807, 2.05) is 12.1 Å². The third-order valence-corrected chi connectivity index (χ3v) is 3.48. The van der Waals surface area contributed by atoms with Crippen LogP contribution in [0.25, 0.3) is 11.4 Å². The molecule has 0 bridgehead atoms. The zero-order chi connectivity index (χ0) is 13.1. The fraction of sp³-hybridized carbons (Fsp3) is 0.167. The topological polar surface area (TPSA) is 61.0 Å². The van der Waals surface area contributed by atoms with Gasteiger partial charge in [0.05, 0.1) is 17.3 Å². The predicted molar refractivity (Wildman–Crippen MR) is 75.3 cm³/mol. The van der Waals surface area contributed by atoms with Crippen molar-refractivity contribution in [2.45, 2.75) is 6.61 Å². The van der Waals surface area contributed by atoms with Gasteiger partial charge in [0, 0.05) is 23.2 Å². The Morgan fingerprint density at radius 2 is 2.11 bits per heavy atom. The minimum absolute atomic E-state index is 0.397. The van der Waals surface area contributed by atoms with Crippen LogP contribution in [-0.4, -0.2) is 17.1 Å². The lowest BCUT2D eigenvalue weighted by molar-refractivity contribution is 0.181. The van der Waals surface area contributed by atoms with E-state index in [1.165, 1.54) is 0 Å². The number of hydrogen-bond acceptors (Lipinski definition) is 4. The standard InChI is InChI=1S/C12H11BrClN3O/c1-18-6-8-5-11(15)17-12(16-8)7-2-3-10(14)9(13)4-7/h2-5H,6H2,1H3,(H2,15,16,17). The van der Waals surface area contributed by atoms with Gasteiger partial charge in [-0.3, -0.25) is 0 Å². The van der Waals surface area contributed by atoms with E-state index in [2.05, 4.69) is 25.9 Å². The average molecular weight is 329 g/mol. The first-order valence-corrected chi connectivity index (χ1v) is 6.35. The summed E-state index contributed by atoms with van der Waals surface area (Å²) in [6.07, 6.45) is 0. The number of benzene rings is 1. The minimum Gasteiger partial charge on any atom is -0.384 e. The lowest BCUT2D eigenvalue weighted by Crippen LogP contribution is -2.01. The Morgan fingerprint density at radius 3 is 2.78 bits per heavy atom. The summed E-state index contributed by atoms with van der Waals surface area (Å²) in [4.78, 5) is 8.59. The molecule has 0 unspecified atom stereocenters. The molecule has 0 saturated carbocycles.